The Balaban J connectivity index is 1.87. The molecule has 158 valence electrons. The van der Waals surface area contributed by atoms with Crippen molar-refractivity contribution in [2.75, 3.05) is 31.0 Å². The first kappa shape index (κ1) is 21.7. The Hall–Kier alpha value is -2.01. The summed E-state index contributed by atoms with van der Waals surface area (Å²) in [4.78, 5) is -0.0699. The number of rotatable bonds is 7. The molecule has 1 aliphatic rings. The van der Waals surface area contributed by atoms with Gasteiger partial charge in [0, 0.05) is 25.2 Å². The average molecular weight is 461 g/mol. The third kappa shape index (κ3) is 4.45. The number of ether oxygens (including phenoxy) is 2. The Kier molecular flexibility index (Phi) is 6.27. The molecule has 3 rings (SSSR count). The van der Waals surface area contributed by atoms with E-state index < -0.39 is 20.0 Å². The van der Waals surface area contributed by atoms with Crippen LogP contribution in [0.1, 0.15) is 13.8 Å². The zero-order chi connectivity index (χ0) is 21.2. The molecule has 0 atom stereocenters. The van der Waals surface area contributed by atoms with Crippen molar-refractivity contribution in [3.8, 4) is 11.5 Å². The molecule has 0 aromatic heterocycles. The number of sulfonamides is 2. The predicted molar refractivity (Wildman–Crippen MR) is 110 cm³/mol. The van der Waals surface area contributed by atoms with Crippen LogP contribution >= 0.6 is 11.6 Å². The van der Waals surface area contributed by atoms with E-state index in [9.17, 15) is 16.8 Å². The van der Waals surface area contributed by atoms with E-state index in [2.05, 4.69) is 4.72 Å². The first-order valence-electron chi connectivity index (χ1n) is 8.91. The molecule has 0 saturated heterocycles. The van der Waals surface area contributed by atoms with Crippen LogP contribution in [0.25, 0.3) is 0 Å². The molecule has 0 radical (unpaired) electrons. The monoisotopic (exact) mass is 460 g/mol. The minimum absolute atomic E-state index is 0.0255. The van der Waals surface area contributed by atoms with E-state index in [0.717, 1.165) is 0 Å². The van der Waals surface area contributed by atoms with Crippen molar-refractivity contribution in [1.29, 1.82) is 0 Å². The molecule has 0 fully saturated rings. The lowest BCUT2D eigenvalue weighted by molar-refractivity contribution is 0.171. The van der Waals surface area contributed by atoms with E-state index in [4.69, 9.17) is 21.1 Å². The molecule has 8 nitrogen and oxygen atoms in total. The van der Waals surface area contributed by atoms with Crippen LogP contribution in [-0.4, -0.2) is 47.4 Å². The Morgan fingerprint density at radius 3 is 2.00 bits per heavy atom. The zero-order valence-corrected chi connectivity index (χ0v) is 18.3. The summed E-state index contributed by atoms with van der Waals surface area (Å²) in [6, 6.07) is 7.96. The first-order valence-corrected chi connectivity index (χ1v) is 12.2. The standard InChI is InChI=1S/C18H21ClN2O6S2/c1-3-21(4-2)29(24,25)14-7-5-13(6-8-14)28(22,23)20-16-12-18-17(11-15(16)19)26-9-10-27-18/h5-8,11-12,20H,3-4,9-10H2,1-2H3. The largest absolute Gasteiger partial charge is 0.486 e. The van der Waals surface area contributed by atoms with Crippen LogP contribution in [0.15, 0.2) is 46.2 Å². The summed E-state index contributed by atoms with van der Waals surface area (Å²) in [6.45, 7) is 4.86. The molecule has 0 aliphatic carbocycles. The number of fused-ring (bicyclic) bond motifs is 1. The number of benzene rings is 2. The van der Waals surface area contributed by atoms with Gasteiger partial charge in [-0.1, -0.05) is 25.4 Å². The Labute approximate surface area is 175 Å². The van der Waals surface area contributed by atoms with Gasteiger partial charge in [-0.05, 0) is 24.3 Å². The van der Waals surface area contributed by atoms with Gasteiger partial charge in [0.1, 0.15) is 13.2 Å². The van der Waals surface area contributed by atoms with Gasteiger partial charge < -0.3 is 9.47 Å². The summed E-state index contributed by atoms with van der Waals surface area (Å²) < 4.78 is 65.1. The van der Waals surface area contributed by atoms with Crippen LogP contribution in [0.5, 0.6) is 11.5 Å². The highest BCUT2D eigenvalue weighted by atomic mass is 35.5. The molecular formula is C18H21ClN2O6S2. The fourth-order valence-corrected chi connectivity index (χ4v) is 5.63. The number of anilines is 1. The predicted octanol–water partition coefficient (Wildman–Crippen LogP) is 2.94. The van der Waals surface area contributed by atoms with Crippen LogP contribution in [0.3, 0.4) is 0 Å². The third-order valence-electron chi connectivity index (χ3n) is 4.35. The minimum Gasteiger partial charge on any atom is -0.486 e. The third-order valence-corrected chi connectivity index (χ3v) is 8.11. The van der Waals surface area contributed by atoms with Crippen LogP contribution in [-0.2, 0) is 20.0 Å². The molecule has 0 bridgehead atoms. The van der Waals surface area contributed by atoms with Gasteiger partial charge in [-0.15, -0.1) is 0 Å². The maximum Gasteiger partial charge on any atom is 0.261 e. The van der Waals surface area contributed by atoms with Crippen LogP contribution in [0.4, 0.5) is 5.69 Å². The van der Waals surface area contributed by atoms with Crippen LogP contribution in [0, 0.1) is 0 Å². The molecule has 1 N–H and O–H groups in total. The summed E-state index contributed by atoms with van der Waals surface area (Å²) in [6.07, 6.45) is 0. The SMILES string of the molecule is CCN(CC)S(=O)(=O)c1ccc(S(=O)(=O)Nc2cc3c(cc2Cl)OCCO3)cc1. The zero-order valence-electron chi connectivity index (χ0n) is 15.9. The van der Waals surface area contributed by atoms with Gasteiger partial charge in [-0.25, -0.2) is 16.8 Å². The quantitative estimate of drug-likeness (QED) is 0.681. The topological polar surface area (TPSA) is 102 Å². The second-order valence-electron chi connectivity index (χ2n) is 6.14. The maximum absolute atomic E-state index is 12.7. The average Bonchev–Trinajstić information content (AvgIpc) is 2.69. The number of hydrogen-bond acceptors (Lipinski definition) is 6. The van der Waals surface area contributed by atoms with Crippen molar-refractivity contribution in [2.45, 2.75) is 23.6 Å². The van der Waals surface area contributed by atoms with Gasteiger partial charge in [-0.2, -0.15) is 4.31 Å². The van der Waals surface area contributed by atoms with E-state index in [0.29, 0.717) is 37.8 Å². The summed E-state index contributed by atoms with van der Waals surface area (Å²) in [5.74, 6) is 0.828. The van der Waals surface area contributed by atoms with Gasteiger partial charge >= 0.3 is 0 Å². The summed E-state index contributed by atoms with van der Waals surface area (Å²) in [7, 11) is -7.67. The highest BCUT2D eigenvalue weighted by Gasteiger charge is 2.24. The summed E-state index contributed by atoms with van der Waals surface area (Å²) >= 11 is 6.16. The second-order valence-corrected chi connectivity index (χ2v) is 10.2. The molecule has 2 aromatic rings. The van der Waals surface area contributed by atoms with Crippen molar-refractivity contribution in [1.82, 2.24) is 4.31 Å². The molecule has 0 unspecified atom stereocenters. The van der Waals surface area contributed by atoms with E-state index in [1.165, 1.54) is 40.7 Å². The molecule has 1 heterocycles. The lowest BCUT2D eigenvalue weighted by Gasteiger charge is -2.20. The molecule has 0 amide bonds. The number of nitrogens with zero attached hydrogens (tertiary/aromatic N) is 1. The molecule has 29 heavy (non-hydrogen) atoms. The fourth-order valence-electron chi connectivity index (χ4n) is 2.85. The lowest BCUT2D eigenvalue weighted by atomic mass is 10.2. The van der Waals surface area contributed by atoms with E-state index in [1.54, 1.807) is 13.8 Å². The number of hydrogen-bond donors (Lipinski definition) is 1. The van der Waals surface area contributed by atoms with Gasteiger partial charge in [-0.3, -0.25) is 4.72 Å². The first-order chi connectivity index (χ1) is 13.7. The fraction of sp³-hybridized carbons (Fsp3) is 0.333. The van der Waals surface area contributed by atoms with E-state index in [1.807, 2.05) is 0 Å². The van der Waals surface area contributed by atoms with Gasteiger partial charge in [0.25, 0.3) is 10.0 Å². The molecule has 1 aliphatic heterocycles. The number of nitrogens with one attached hydrogen (secondary N) is 1. The lowest BCUT2D eigenvalue weighted by Crippen LogP contribution is -2.30. The normalized spacial score (nSPS) is 14.1. The summed E-state index contributed by atoms with van der Waals surface area (Å²) in [5, 5.41) is 0.151. The van der Waals surface area contributed by atoms with Crippen molar-refractivity contribution in [3.63, 3.8) is 0 Å². The highest BCUT2D eigenvalue weighted by Crippen LogP contribution is 2.38. The van der Waals surface area contributed by atoms with E-state index in [-0.39, 0.29) is 20.5 Å². The Morgan fingerprint density at radius 2 is 1.45 bits per heavy atom. The molecule has 2 aromatic carbocycles. The molecule has 0 spiro atoms. The van der Waals surface area contributed by atoms with Crippen molar-refractivity contribution >= 4 is 37.3 Å². The summed E-state index contributed by atoms with van der Waals surface area (Å²) in [5.41, 5.74) is 0.135. The van der Waals surface area contributed by atoms with Crippen LogP contribution < -0.4 is 14.2 Å². The number of halogens is 1. The van der Waals surface area contributed by atoms with Gasteiger partial charge in [0.15, 0.2) is 11.5 Å². The minimum atomic E-state index is -4.00. The smallest absolute Gasteiger partial charge is 0.261 e. The molecule has 0 saturated carbocycles. The van der Waals surface area contributed by atoms with Crippen molar-refractivity contribution in [3.05, 3.63) is 41.4 Å². The second kappa shape index (κ2) is 8.39. The van der Waals surface area contributed by atoms with Crippen LogP contribution in [0.2, 0.25) is 5.02 Å². The van der Waals surface area contributed by atoms with E-state index >= 15 is 0 Å². The molecule has 11 heteroatoms. The van der Waals surface area contributed by atoms with Crippen molar-refractivity contribution in [2.24, 2.45) is 0 Å². The van der Waals surface area contributed by atoms with Gasteiger partial charge in [0.05, 0.1) is 20.5 Å². The Bertz CT molecular complexity index is 1100. The molecular weight excluding hydrogens is 440 g/mol. The maximum atomic E-state index is 12.7. The van der Waals surface area contributed by atoms with Crippen molar-refractivity contribution < 1.29 is 26.3 Å². The Morgan fingerprint density at radius 1 is 0.931 bits per heavy atom. The van der Waals surface area contributed by atoms with Gasteiger partial charge in [0.2, 0.25) is 10.0 Å². The highest BCUT2D eigenvalue weighted by molar-refractivity contribution is 7.92.